The van der Waals surface area contributed by atoms with Gasteiger partial charge in [-0.2, -0.15) is 11.8 Å². The molecule has 0 spiro atoms. The van der Waals surface area contributed by atoms with Crippen LogP contribution in [-0.4, -0.2) is 47.4 Å². The number of nitrogens with zero attached hydrogens (tertiary/aromatic N) is 2. The van der Waals surface area contributed by atoms with Crippen LogP contribution < -0.4 is 5.73 Å². The molecule has 1 atom stereocenters. The van der Waals surface area contributed by atoms with Crippen LogP contribution in [0.3, 0.4) is 0 Å². The molecule has 0 aliphatic carbocycles. The van der Waals surface area contributed by atoms with Crippen molar-refractivity contribution in [1.29, 1.82) is 0 Å². The molecule has 6 heteroatoms. The van der Waals surface area contributed by atoms with Gasteiger partial charge in [0.25, 0.3) is 0 Å². The van der Waals surface area contributed by atoms with Crippen LogP contribution in [0.25, 0.3) is 0 Å². The van der Waals surface area contributed by atoms with E-state index in [9.17, 15) is 4.79 Å². The molecule has 0 bridgehead atoms. The zero-order valence-electron chi connectivity index (χ0n) is 11.4. The van der Waals surface area contributed by atoms with Crippen LogP contribution in [0.2, 0.25) is 0 Å². The van der Waals surface area contributed by atoms with E-state index < -0.39 is 0 Å². The largest absolute Gasteiger partial charge is 0.344 e. The Balaban J connectivity index is 0.00000324. The standard InChI is InChI=1S/C13H21N3OS.ClH/c1-16(13(17)12(14)6-10-18-2)9-5-11-3-7-15-8-4-11;/h3-4,7-8,12H,5-6,9-10,14H2,1-2H3;1H/t12-;/m0./s1. The lowest BCUT2D eigenvalue weighted by atomic mass is 10.1. The zero-order valence-corrected chi connectivity index (χ0v) is 13.0. The lowest BCUT2D eigenvalue weighted by Gasteiger charge is -2.21. The lowest BCUT2D eigenvalue weighted by molar-refractivity contribution is -0.131. The van der Waals surface area contributed by atoms with Crippen molar-refractivity contribution in [2.24, 2.45) is 5.73 Å². The van der Waals surface area contributed by atoms with Crippen molar-refractivity contribution in [3.8, 4) is 0 Å². The van der Waals surface area contributed by atoms with Gasteiger partial charge in [0.1, 0.15) is 0 Å². The highest BCUT2D eigenvalue weighted by Gasteiger charge is 2.17. The lowest BCUT2D eigenvalue weighted by Crippen LogP contribution is -2.42. The van der Waals surface area contributed by atoms with Crippen LogP contribution >= 0.6 is 24.2 Å². The average molecular weight is 304 g/mol. The highest BCUT2D eigenvalue weighted by Crippen LogP contribution is 2.03. The van der Waals surface area contributed by atoms with E-state index in [0.717, 1.165) is 18.6 Å². The van der Waals surface area contributed by atoms with Gasteiger partial charge < -0.3 is 10.6 Å². The molecule has 0 aromatic carbocycles. The summed E-state index contributed by atoms with van der Waals surface area (Å²) < 4.78 is 0. The van der Waals surface area contributed by atoms with Gasteiger partial charge in [0.05, 0.1) is 6.04 Å². The minimum atomic E-state index is -0.375. The number of halogens is 1. The highest BCUT2D eigenvalue weighted by atomic mass is 35.5. The number of hydrogen-bond acceptors (Lipinski definition) is 4. The fourth-order valence-electron chi connectivity index (χ4n) is 1.61. The number of carbonyl (C=O) groups excluding carboxylic acids is 1. The van der Waals surface area contributed by atoms with Crippen molar-refractivity contribution in [3.05, 3.63) is 30.1 Å². The van der Waals surface area contributed by atoms with Crippen molar-refractivity contribution in [2.45, 2.75) is 18.9 Å². The number of hydrogen-bond donors (Lipinski definition) is 1. The van der Waals surface area contributed by atoms with Gasteiger partial charge in [0.15, 0.2) is 0 Å². The molecule has 0 aliphatic rings. The molecule has 0 unspecified atom stereocenters. The summed E-state index contributed by atoms with van der Waals surface area (Å²) in [6.45, 7) is 0.690. The van der Waals surface area contributed by atoms with Crippen molar-refractivity contribution in [3.63, 3.8) is 0 Å². The first-order chi connectivity index (χ1) is 8.65. The third-order valence-corrected chi connectivity index (χ3v) is 3.46. The van der Waals surface area contributed by atoms with Gasteiger partial charge in [-0.25, -0.2) is 0 Å². The molecule has 1 aromatic rings. The minimum Gasteiger partial charge on any atom is -0.344 e. The fraction of sp³-hybridized carbons (Fsp3) is 0.538. The number of amides is 1. The normalized spacial score (nSPS) is 11.5. The molecule has 108 valence electrons. The van der Waals surface area contributed by atoms with Gasteiger partial charge in [-0.3, -0.25) is 9.78 Å². The predicted octanol–water partition coefficient (Wildman–Crippen LogP) is 1.58. The van der Waals surface area contributed by atoms with Gasteiger partial charge in [0.2, 0.25) is 5.91 Å². The summed E-state index contributed by atoms with van der Waals surface area (Å²) in [7, 11) is 1.81. The number of carbonyl (C=O) groups is 1. The third-order valence-electron chi connectivity index (χ3n) is 2.81. The van der Waals surface area contributed by atoms with Crippen LogP contribution in [0.15, 0.2) is 24.5 Å². The summed E-state index contributed by atoms with van der Waals surface area (Å²) >= 11 is 1.71. The summed E-state index contributed by atoms with van der Waals surface area (Å²) in [4.78, 5) is 17.6. The first kappa shape index (κ1) is 18.2. The first-order valence-corrected chi connectivity index (χ1v) is 7.43. The number of aromatic nitrogens is 1. The van der Waals surface area contributed by atoms with E-state index in [0.29, 0.717) is 6.54 Å². The topological polar surface area (TPSA) is 59.2 Å². The molecule has 2 N–H and O–H groups in total. The molecule has 1 amide bonds. The van der Waals surface area contributed by atoms with E-state index in [1.165, 1.54) is 5.56 Å². The minimum absolute atomic E-state index is 0. The zero-order chi connectivity index (χ0) is 13.4. The summed E-state index contributed by atoms with van der Waals surface area (Å²) in [6, 6.07) is 3.55. The smallest absolute Gasteiger partial charge is 0.239 e. The Morgan fingerprint density at radius 1 is 1.47 bits per heavy atom. The quantitative estimate of drug-likeness (QED) is 0.831. The van der Waals surface area contributed by atoms with Gasteiger partial charge >= 0.3 is 0 Å². The van der Waals surface area contributed by atoms with Gasteiger partial charge in [0, 0.05) is 26.0 Å². The molecule has 0 fully saturated rings. The number of likely N-dealkylation sites (N-methyl/N-ethyl adjacent to an activating group) is 1. The molecule has 0 saturated heterocycles. The van der Waals surface area contributed by atoms with Crippen molar-refractivity contribution < 1.29 is 4.79 Å². The molecule has 1 aromatic heterocycles. The van der Waals surface area contributed by atoms with Crippen LogP contribution in [0.5, 0.6) is 0 Å². The maximum atomic E-state index is 11.9. The molecule has 19 heavy (non-hydrogen) atoms. The summed E-state index contributed by atoms with van der Waals surface area (Å²) in [5, 5.41) is 0. The van der Waals surface area contributed by atoms with Gasteiger partial charge in [-0.15, -0.1) is 12.4 Å². The number of rotatable bonds is 7. The number of nitrogens with two attached hydrogens (primary N) is 1. The Hall–Kier alpha value is -0.780. The van der Waals surface area contributed by atoms with Crippen LogP contribution in [0.1, 0.15) is 12.0 Å². The summed E-state index contributed by atoms with van der Waals surface area (Å²) in [5.41, 5.74) is 7.04. The molecule has 1 heterocycles. The monoisotopic (exact) mass is 303 g/mol. The molecule has 0 aliphatic heterocycles. The molecule has 1 rings (SSSR count). The van der Waals surface area contributed by atoms with Crippen LogP contribution in [0.4, 0.5) is 0 Å². The first-order valence-electron chi connectivity index (χ1n) is 6.03. The number of thioether (sulfide) groups is 1. The second-order valence-electron chi connectivity index (χ2n) is 4.25. The second kappa shape index (κ2) is 10.1. The summed E-state index contributed by atoms with van der Waals surface area (Å²) in [6.07, 6.45) is 7.12. The Morgan fingerprint density at radius 2 is 2.11 bits per heavy atom. The highest BCUT2D eigenvalue weighted by molar-refractivity contribution is 7.98. The van der Waals surface area contributed by atoms with Gasteiger partial charge in [-0.1, -0.05) is 0 Å². The van der Waals surface area contributed by atoms with E-state index in [1.54, 1.807) is 29.1 Å². The van der Waals surface area contributed by atoms with Crippen LogP contribution in [-0.2, 0) is 11.2 Å². The van der Waals surface area contributed by atoms with Crippen LogP contribution in [0, 0.1) is 0 Å². The molecule has 4 nitrogen and oxygen atoms in total. The Kier molecular flexibility index (Phi) is 9.65. The maximum Gasteiger partial charge on any atom is 0.239 e. The van der Waals surface area contributed by atoms with E-state index in [4.69, 9.17) is 5.73 Å². The molecular formula is C13H22ClN3OS. The number of pyridine rings is 1. The molecule has 0 radical (unpaired) electrons. The van der Waals surface area contributed by atoms with E-state index in [1.807, 2.05) is 25.4 Å². The van der Waals surface area contributed by atoms with E-state index in [2.05, 4.69) is 4.98 Å². The Morgan fingerprint density at radius 3 is 2.68 bits per heavy atom. The Bertz CT molecular complexity index is 364. The summed E-state index contributed by atoms with van der Waals surface area (Å²) in [5.74, 6) is 0.948. The fourth-order valence-corrected chi connectivity index (χ4v) is 2.10. The van der Waals surface area contributed by atoms with E-state index >= 15 is 0 Å². The predicted molar refractivity (Wildman–Crippen MR) is 83.8 cm³/mol. The van der Waals surface area contributed by atoms with Crippen molar-refractivity contribution >= 4 is 30.1 Å². The SMILES string of the molecule is CSCC[C@H](N)C(=O)N(C)CCc1ccncc1.Cl. The van der Waals surface area contributed by atoms with Crippen molar-refractivity contribution in [2.75, 3.05) is 25.6 Å². The third kappa shape index (κ3) is 6.80. The van der Waals surface area contributed by atoms with Gasteiger partial charge in [-0.05, 0) is 42.5 Å². The maximum absolute atomic E-state index is 11.9. The second-order valence-corrected chi connectivity index (χ2v) is 5.24. The van der Waals surface area contributed by atoms with Crippen molar-refractivity contribution in [1.82, 2.24) is 9.88 Å². The Labute approximate surface area is 125 Å². The molecule has 0 saturated carbocycles. The average Bonchev–Trinajstić information content (AvgIpc) is 2.42. The molecular weight excluding hydrogens is 282 g/mol. The van der Waals surface area contributed by atoms with E-state index in [-0.39, 0.29) is 24.4 Å².